The van der Waals surface area contributed by atoms with Crippen molar-refractivity contribution in [1.29, 1.82) is 0 Å². The third-order valence-corrected chi connectivity index (χ3v) is 4.90. The molecule has 2 N–H and O–H groups in total. The molecule has 0 aromatic heterocycles. The van der Waals surface area contributed by atoms with Gasteiger partial charge in [0, 0.05) is 6.54 Å². The van der Waals surface area contributed by atoms with Gasteiger partial charge in [0.15, 0.2) is 0 Å². The second-order valence-electron chi connectivity index (χ2n) is 6.65. The highest BCUT2D eigenvalue weighted by Crippen LogP contribution is 2.44. The SMILES string of the molecule is C=CCC1(C(=O)NCC(Cc2ccc(OCC)cc2)C(=O)O)CCC1. The highest BCUT2D eigenvalue weighted by atomic mass is 16.5. The van der Waals surface area contributed by atoms with Crippen molar-refractivity contribution in [1.82, 2.24) is 5.32 Å². The van der Waals surface area contributed by atoms with E-state index in [-0.39, 0.29) is 17.9 Å². The number of carbonyl (C=O) groups excluding carboxylic acids is 1. The molecule has 1 aliphatic carbocycles. The number of aliphatic carboxylic acids is 1. The number of hydrogen-bond donors (Lipinski definition) is 2. The van der Waals surface area contributed by atoms with E-state index in [9.17, 15) is 14.7 Å². The van der Waals surface area contributed by atoms with E-state index in [1.807, 2.05) is 31.2 Å². The molecule has 0 saturated heterocycles. The Kier molecular flexibility index (Phi) is 6.62. The molecule has 0 bridgehead atoms. The largest absolute Gasteiger partial charge is 0.494 e. The molecule has 25 heavy (non-hydrogen) atoms. The average molecular weight is 345 g/mol. The van der Waals surface area contributed by atoms with Gasteiger partial charge in [0.25, 0.3) is 0 Å². The summed E-state index contributed by atoms with van der Waals surface area (Å²) in [7, 11) is 0. The molecule has 1 aromatic rings. The summed E-state index contributed by atoms with van der Waals surface area (Å²) >= 11 is 0. The first kappa shape index (κ1) is 19.0. The second kappa shape index (κ2) is 8.70. The summed E-state index contributed by atoms with van der Waals surface area (Å²) in [4.78, 5) is 24.0. The number of ether oxygens (including phenoxy) is 1. The Morgan fingerprint density at radius 1 is 1.36 bits per heavy atom. The minimum absolute atomic E-state index is 0.0448. The van der Waals surface area contributed by atoms with Crippen LogP contribution in [0.3, 0.4) is 0 Å². The lowest BCUT2D eigenvalue weighted by Gasteiger charge is -2.39. The van der Waals surface area contributed by atoms with E-state index in [0.29, 0.717) is 19.4 Å². The normalized spacial score (nSPS) is 16.4. The molecule has 0 spiro atoms. The fourth-order valence-electron chi connectivity index (χ4n) is 3.23. The Hall–Kier alpha value is -2.30. The number of rotatable bonds is 10. The summed E-state index contributed by atoms with van der Waals surface area (Å²) in [6, 6.07) is 7.41. The van der Waals surface area contributed by atoms with Crippen LogP contribution in [-0.4, -0.2) is 30.1 Å². The molecule has 5 heteroatoms. The molecule has 0 radical (unpaired) electrons. The number of allylic oxidation sites excluding steroid dienone is 1. The van der Waals surface area contributed by atoms with Crippen molar-refractivity contribution in [3.05, 3.63) is 42.5 Å². The van der Waals surface area contributed by atoms with Gasteiger partial charge >= 0.3 is 5.97 Å². The van der Waals surface area contributed by atoms with Gasteiger partial charge in [0.1, 0.15) is 5.75 Å². The Morgan fingerprint density at radius 3 is 2.52 bits per heavy atom. The van der Waals surface area contributed by atoms with Crippen molar-refractivity contribution in [2.24, 2.45) is 11.3 Å². The Labute approximate surface area is 149 Å². The summed E-state index contributed by atoms with van der Waals surface area (Å²) in [6.45, 7) is 6.37. The number of amides is 1. The monoisotopic (exact) mass is 345 g/mol. The number of nitrogens with one attached hydrogen (secondary N) is 1. The maximum Gasteiger partial charge on any atom is 0.308 e. The van der Waals surface area contributed by atoms with Crippen molar-refractivity contribution in [2.75, 3.05) is 13.2 Å². The molecule has 1 atom stereocenters. The highest BCUT2D eigenvalue weighted by Gasteiger charge is 2.42. The molecule has 136 valence electrons. The zero-order valence-electron chi connectivity index (χ0n) is 14.8. The Morgan fingerprint density at radius 2 is 2.04 bits per heavy atom. The van der Waals surface area contributed by atoms with Crippen molar-refractivity contribution in [3.8, 4) is 5.75 Å². The molecule has 1 aromatic carbocycles. The molecular formula is C20H27NO4. The van der Waals surface area contributed by atoms with Crippen LogP contribution in [0.2, 0.25) is 0 Å². The summed E-state index contributed by atoms with van der Waals surface area (Å²) in [5.41, 5.74) is 0.541. The van der Waals surface area contributed by atoms with E-state index in [1.54, 1.807) is 6.08 Å². The smallest absolute Gasteiger partial charge is 0.308 e. The van der Waals surface area contributed by atoms with Gasteiger partial charge in [0.2, 0.25) is 5.91 Å². The standard InChI is InChI=1S/C20H27NO4/c1-3-10-20(11-5-12-20)19(24)21-14-16(18(22)23)13-15-6-8-17(9-7-15)25-4-2/h3,6-9,16H,1,4-5,10-14H2,2H3,(H,21,24)(H,22,23). The van der Waals surface area contributed by atoms with Gasteiger partial charge in [-0.3, -0.25) is 9.59 Å². The fraction of sp³-hybridized carbons (Fsp3) is 0.500. The van der Waals surface area contributed by atoms with Gasteiger partial charge in [0.05, 0.1) is 17.9 Å². The van der Waals surface area contributed by atoms with Crippen LogP contribution in [0.1, 0.15) is 38.2 Å². The molecule has 1 saturated carbocycles. The molecule has 1 unspecified atom stereocenters. The van der Waals surface area contributed by atoms with Crippen LogP contribution in [0.5, 0.6) is 5.75 Å². The van der Waals surface area contributed by atoms with Gasteiger partial charge in [-0.2, -0.15) is 0 Å². The molecule has 5 nitrogen and oxygen atoms in total. The lowest BCUT2D eigenvalue weighted by molar-refractivity contribution is -0.142. The van der Waals surface area contributed by atoms with E-state index in [2.05, 4.69) is 11.9 Å². The number of hydrogen-bond acceptors (Lipinski definition) is 3. The Balaban J connectivity index is 1.93. The van der Waals surface area contributed by atoms with E-state index < -0.39 is 11.9 Å². The third kappa shape index (κ3) is 4.84. The van der Waals surface area contributed by atoms with Crippen molar-refractivity contribution in [2.45, 2.75) is 39.0 Å². The van der Waals surface area contributed by atoms with Crippen molar-refractivity contribution < 1.29 is 19.4 Å². The summed E-state index contributed by atoms with van der Waals surface area (Å²) in [5.74, 6) is -0.831. The van der Waals surface area contributed by atoms with E-state index in [1.165, 1.54) is 0 Å². The van der Waals surface area contributed by atoms with Crippen LogP contribution >= 0.6 is 0 Å². The first-order valence-electron chi connectivity index (χ1n) is 8.84. The van der Waals surface area contributed by atoms with E-state index in [4.69, 9.17) is 4.74 Å². The van der Waals surface area contributed by atoms with Crippen LogP contribution in [0, 0.1) is 11.3 Å². The molecule has 0 heterocycles. The first-order valence-corrected chi connectivity index (χ1v) is 8.84. The van der Waals surface area contributed by atoms with Crippen molar-refractivity contribution in [3.63, 3.8) is 0 Å². The number of carboxylic acid groups (broad SMARTS) is 1. The topological polar surface area (TPSA) is 75.6 Å². The lowest BCUT2D eigenvalue weighted by atomic mass is 9.66. The molecule has 1 aliphatic rings. The predicted molar refractivity (Wildman–Crippen MR) is 96.5 cm³/mol. The van der Waals surface area contributed by atoms with E-state index >= 15 is 0 Å². The van der Waals surface area contributed by atoms with Gasteiger partial charge in [-0.05, 0) is 50.3 Å². The van der Waals surface area contributed by atoms with Gasteiger partial charge < -0.3 is 15.2 Å². The Bertz CT molecular complexity index is 605. The molecule has 2 rings (SSSR count). The third-order valence-electron chi connectivity index (χ3n) is 4.90. The van der Waals surface area contributed by atoms with Crippen LogP contribution in [-0.2, 0) is 16.0 Å². The van der Waals surface area contributed by atoms with Gasteiger partial charge in [-0.25, -0.2) is 0 Å². The van der Waals surface area contributed by atoms with Crippen LogP contribution in [0.4, 0.5) is 0 Å². The molecule has 0 aliphatic heterocycles. The summed E-state index contributed by atoms with van der Waals surface area (Å²) < 4.78 is 5.39. The van der Waals surface area contributed by atoms with Crippen LogP contribution < -0.4 is 10.1 Å². The van der Waals surface area contributed by atoms with E-state index in [0.717, 1.165) is 30.6 Å². The highest BCUT2D eigenvalue weighted by molar-refractivity contribution is 5.84. The predicted octanol–water partition coefficient (Wildman–Crippen LogP) is 3.19. The molecular weight excluding hydrogens is 318 g/mol. The fourth-order valence-corrected chi connectivity index (χ4v) is 3.23. The number of carboxylic acids is 1. The van der Waals surface area contributed by atoms with Gasteiger partial charge in [-0.1, -0.05) is 24.6 Å². The first-order chi connectivity index (χ1) is 12.0. The quantitative estimate of drug-likeness (QED) is 0.639. The molecule has 1 amide bonds. The maximum atomic E-state index is 12.5. The number of carbonyl (C=O) groups is 2. The lowest BCUT2D eigenvalue weighted by Crippen LogP contribution is -2.47. The summed E-state index contributed by atoms with van der Waals surface area (Å²) in [5, 5.41) is 12.3. The van der Waals surface area contributed by atoms with Crippen LogP contribution in [0.25, 0.3) is 0 Å². The van der Waals surface area contributed by atoms with Crippen LogP contribution in [0.15, 0.2) is 36.9 Å². The minimum atomic E-state index is -0.902. The van der Waals surface area contributed by atoms with Crippen molar-refractivity contribution >= 4 is 11.9 Å². The minimum Gasteiger partial charge on any atom is -0.494 e. The number of benzene rings is 1. The molecule has 1 fully saturated rings. The summed E-state index contributed by atoms with van der Waals surface area (Å²) in [6.07, 6.45) is 5.53. The van der Waals surface area contributed by atoms with Gasteiger partial charge in [-0.15, -0.1) is 6.58 Å². The second-order valence-corrected chi connectivity index (χ2v) is 6.65. The zero-order chi connectivity index (χ0) is 18.3. The average Bonchev–Trinajstić information content (AvgIpc) is 2.56. The maximum absolute atomic E-state index is 12.5. The zero-order valence-corrected chi connectivity index (χ0v) is 14.8.